The molecule has 20 N–H and O–H groups in total. The van der Waals surface area contributed by atoms with Crippen molar-refractivity contribution in [3.8, 4) is 5.75 Å². The van der Waals surface area contributed by atoms with Gasteiger partial charge < -0.3 is 100 Å². The average Bonchev–Trinajstić information content (AvgIpc) is 1.41. The van der Waals surface area contributed by atoms with E-state index >= 15 is 14.4 Å². The molecule has 0 unspecified atom stereocenters. The van der Waals surface area contributed by atoms with Gasteiger partial charge in [0.25, 0.3) is 0 Å². The Kier molecular flexibility index (Phi) is 29.2. The summed E-state index contributed by atoms with van der Waals surface area (Å²) in [5.41, 5.74) is 18.4. The molecule has 3 aliphatic heterocycles. The van der Waals surface area contributed by atoms with Gasteiger partial charge in [-0.3, -0.25) is 57.5 Å². The molecule has 34 nitrogen and oxygen atoms in total. The summed E-state index contributed by atoms with van der Waals surface area (Å²) in [5.74, 6) is -13.0. The highest BCUT2D eigenvalue weighted by molar-refractivity contribution is 6.01. The van der Waals surface area contributed by atoms with Crippen LogP contribution in [0, 0.1) is 11.8 Å². The molecule has 0 bridgehead atoms. The molecule has 3 aliphatic rings. The minimum Gasteiger partial charge on any atom is -0.508 e. The largest absolute Gasteiger partial charge is 0.508 e. The Balaban J connectivity index is 1.34. The lowest BCUT2D eigenvalue weighted by molar-refractivity contribution is -0.254. The highest BCUT2D eigenvalue weighted by Gasteiger charge is 2.46. The fraction of sp³-hybridized carbons (Fsp3) is 0.529. The van der Waals surface area contributed by atoms with Gasteiger partial charge in [0.2, 0.25) is 70.9 Å². The predicted molar refractivity (Wildman–Crippen MR) is 362 cm³/mol. The number of hydrogen-bond acceptors (Lipinski definition) is 21. The number of aliphatic hydroxyl groups excluding tert-OH is 4. The Bertz CT molecular complexity index is 3570. The third kappa shape index (κ3) is 22.5. The van der Waals surface area contributed by atoms with Gasteiger partial charge in [-0.15, -0.1) is 5.10 Å². The molecule has 1 aromatic heterocycles. The molecule has 4 heterocycles. The number of fused-ring (bicyclic) bond motifs is 1. The van der Waals surface area contributed by atoms with Gasteiger partial charge in [0.1, 0.15) is 90.6 Å². The van der Waals surface area contributed by atoms with Crippen molar-refractivity contribution in [1.29, 1.82) is 0 Å². The topological polar surface area (TPSA) is 536 Å². The summed E-state index contributed by atoms with van der Waals surface area (Å²) >= 11 is 0. The van der Waals surface area contributed by atoms with E-state index in [1.807, 2.05) is 0 Å². The standard InChI is InChI=1S/C68H94N16O18/c1-35(2)27-44-60(94)79-49(30-38-15-9-6-10-16-38)67(101)83-26-12-18-50(83)65(99)78-47(31-40-33-84(82-81-40)68-57(91)56(90)55(89)51(34-85)102-68)62(96)76-45(28-37-13-7-5-8-14-37)61(95)77-48(32-53(71)88)63(97)72-43(23-24-52(70)87)59(93)75-46(29-39-19-21-41(86)22-20-39)64(98)80-54(36(3)4)66(100)73-42(17-11-25-69)58(92)74-44/h5-10,13-16,19-22,33,35-36,42-51,54-57,68,85-86,89-91H,11-12,17-18,23-32,34,69H2,1-4H3,(H2,70,87)(H2,71,88)(H,72,97)(H,73,100)(H,74,92)(H,75,93)(H,76,96)(H,77,95)(H,78,99)(H,79,94)(H,80,98)/t42-,43-,44-,45+,46-,47-,48-,49+,50-,51+,54-,55+,56-,57-,68-/m0/s1. The van der Waals surface area contributed by atoms with Gasteiger partial charge in [-0.1, -0.05) is 106 Å². The van der Waals surface area contributed by atoms with Crippen molar-refractivity contribution in [2.75, 3.05) is 19.7 Å². The maximum Gasteiger partial charge on any atom is 0.246 e. The highest BCUT2D eigenvalue weighted by Crippen LogP contribution is 2.29. The number of nitrogens with two attached hydrogens (primary N) is 3. The Morgan fingerprint density at radius 3 is 1.60 bits per heavy atom. The number of carbonyl (C=O) groups is 12. The fourth-order valence-corrected chi connectivity index (χ4v) is 12.2. The Morgan fingerprint density at radius 1 is 0.559 bits per heavy atom. The zero-order valence-corrected chi connectivity index (χ0v) is 57.1. The molecular formula is C68H94N16O18. The van der Waals surface area contributed by atoms with E-state index in [2.05, 4.69) is 58.2 Å². The number of hydrogen-bond donors (Lipinski definition) is 17. The van der Waals surface area contributed by atoms with Gasteiger partial charge in [0, 0.05) is 38.6 Å². The normalized spacial score (nSPS) is 27.4. The van der Waals surface area contributed by atoms with Crippen LogP contribution in [-0.4, -0.2) is 221 Å². The van der Waals surface area contributed by atoms with Crippen LogP contribution in [-0.2, 0) is 88.0 Å². The van der Waals surface area contributed by atoms with Gasteiger partial charge in [-0.05, 0) is 85.7 Å². The molecule has 0 radical (unpaired) electrons. The molecule has 15 atom stereocenters. The van der Waals surface area contributed by atoms with Crippen molar-refractivity contribution in [3.05, 3.63) is 114 Å². The number of aliphatic hydroxyl groups is 4. The highest BCUT2D eigenvalue weighted by atomic mass is 16.6. The summed E-state index contributed by atoms with van der Waals surface area (Å²) in [4.78, 5) is 175. The molecule has 0 aliphatic carbocycles. The van der Waals surface area contributed by atoms with Crippen molar-refractivity contribution in [2.45, 2.75) is 196 Å². The van der Waals surface area contributed by atoms with Gasteiger partial charge in [-0.25, -0.2) is 4.68 Å². The summed E-state index contributed by atoms with van der Waals surface area (Å²) in [6.45, 7) is 5.98. The first-order valence-corrected chi connectivity index (χ1v) is 33.9. The van der Waals surface area contributed by atoms with Crippen molar-refractivity contribution in [1.82, 2.24) is 67.7 Å². The molecule has 3 fully saturated rings. The van der Waals surface area contributed by atoms with E-state index in [4.69, 9.17) is 21.9 Å². The van der Waals surface area contributed by atoms with E-state index in [0.717, 1.165) is 4.68 Å². The number of aromatic nitrogens is 3. The molecule has 3 aromatic carbocycles. The Hall–Kier alpha value is -10.0. The number of primary amides is 2. The molecular weight excluding hydrogens is 1330 g/mol. The Labute approximate surface area is 588 Å². The second-order valence-electron chi connectivity index (χ2n) is 26.5. The van der Waals surface area contributed by atoms with Crippen LogP contribution in [0.15, 0.2) is 91.1 Å². The van der Waals surface area contributed by atoms with Gasteiger partial charge in [0.05, 0.1) is 24.9 Å². The maximum atomic E-state index is 15.3. The number of carbonyl (C=O) groups excluding carboxylic acids is 12. The van der Waals surface area contributed by atoms with Crippen LogP contribution < -0.4 is 65.1 Å². The minimum atomic E-state index is -1.96. The zero-order valence-electron chi connectivity index (χ0n) is 57.1. The SMILES string of the molecule is CC(C)C[C@@H]1NC(=O)[C@H](CCCN)NC(=O)[C@H](C(C)C)NC(=O)[C@H](Cc2ccc(O)cc2)NC(=O)[C@H](CCC(N)=O)NC(=O)[C@H](CC(N)=O)NC(=O)[C@@H](Cc2ccccc2)NC(=O)[C@H](Cc2cn([C@H]3O[C@H](CO)[C@@H](O)[C@H](O)[C@@H]3O)nn2)NC(=O)[C@@H]2CCCN2C(=O)[C@@H](Cc2ccccc2)NC1=O. The quantitative estimate of drug-likeness (QED) is 0.0372. The lowest BCUT2D eigenvalue weighted by atomic mass is 9.98. The van der Waals surface area contributed by atoms with Crippen LogP contribution in [0.5, 0.6) is 5.75 Å². The second-order valence-corrected chi connectivity index (χ2v) is 26.5. The molecule has 4 aromatic rings. The summed E-state index contributed by atoms with van der Waals surface area (Å²) < 4.78 is 6.61. The van der Waals surface area contributed by atoms with Crippen molar-refractivity contribution >= 4 is 70.9 Å². The average molecular weight is 1420 g/mol. The van der Waals surface area contributed by atoms with Crippen molar-refractivity contribution in [3.63, 3.8) is 0 Å². The van der Waals surface area contributed by atoms with Crippen LogP contribution in [0.3, 0.4) is 0 Å². The van der Waals surface area contributed by atoms with Crippen LogP contribution in [0.25, 0.3) is 0 Å². The number of benzene rings is 3. The monoisotopic (exact) mass is 1420 g/mol. The fourth-order valence-electron chi connectivity index (χ4n) is 12.2. The molecule has 0 spiro atoms. The molecule has 0 saturated carbocycles. The molecule has 12 amide bonds. The van der Waals surface area contributed by atoms with E-state index in [0.29, 0.717) is 16.7 Å². The molecule has 102 heavy (non-hydrogen) atoms. The van der Waals surface area contributed by atoms with Crippen LogP contribution in [0.2, 0.25) is 0 Å². The number of rotatable bonds is 21. The molecule has 554 valence electrons. The summed E-state index contributed by atoms with van der Waals surface area (Å²) in [5, 5.41) is 84.1. The number of ether oxygens (including phenoxy) is 1. The van der Waals surface area contributed by atoms with E-state index in [-0.39, 0.29) is 81.8 Å². The number of aromatic hydroxyl groups is 1. The number of amides is 12. The number of phenols is 1. The van der Waals surface area contributed by atoms with Crippen LogP contribution >= 0.6 is 0 Å². The number of nitrogens with one attached hydrogen (secondary N) is 9. The van der Waals surface area contributed by atoms with Crippen LogP contribution in [0.1, 0.15) is 108 Å². The molecule has 34 heteroatoms. The predicted octanol–water partition coefficient (Wildman–Crippen LogP) is -4.82. The lowest BCUT2D eigenvalue weighted by Crippen LogP contribution is -2.62. The first-order chi connectivity index (χ1) is 48.5. The van der Waals surface area contributed by atoms with E-state index in [1.54, 1.807) is 88.4 Å². The lowest BCUT2D eigenvalue weighted by Gasteiger charge is -2.39. The summed E-state index contributed by atoms with van der Waals surface area (Å²) in [6.07, 6.45) is -10.3. The molecule has 3 saturated heterocycles. The van der Waals surface area contributed by atoms with Gasteiger partial charge >= 0.3 is 0 Å². The van der Waals surface area contributed by atoms with E-state index < -0.39 is 200 Å². The third-order valence-corrected chi connectivity index (χ3v) is 17.7. The molecule has 7 rings (SSSR count). The van der Waals surface area contributed by atoms with Crippen LogP contribution in [0.4, 0.5) is 0 Å². The first kappa shape index (κ1) is 79.3. The van der Waals surface area contributed by atoms with Gasteiger partial charge in [-0.2, -0.15) is 0 Å². The van der Waals surface area contributed by atoms with E-state index in [9.17, 15) is 68.7 Å². The smallest absolute Gasteiger partial charge is 0.246 e. The summed E-state index contributed by atoms with van der Waals surface area (Å²) in [7, 11) is 0. The van der Waals surface area contributed by atoms with Crippen molar-refractivity contribution < 1.29 is 87.8 Å². The van der Waals surface area contributed by atoms with E-state index in [1.165, 1.54) is 35.4 Å². The first-order valence-electron chi connectivity index (χ1n) is 33.9. The zero-order chi connectivity index (χ0) is 74.5. The Morgan fingerprint density at radius 2 is 1.04 bits per heavy atom. The summed E-state index contributed by atoms with van der Waals surface area (Å²) in [6, 6.07) is 6.38. The number of phenolic OH excluding ortho intramolecular Hbond substituents is 1. The minimum absolute atomic E-state index is 0.00353. The van der Waals surface area contributed by atoms with Crippen molar-refractivity contribution in [2.24, 2.45) is 29.0 Å². The number of nitrogens with zero attached hydrogens (tertiary/aromatic N) is 4. The second kappa shape index (κ2) is 37.6. The maximum absolute atomic E-state index is 15.3. The van der Waals surface area contributed by atoms with Gasteiger partial charge in [0.15, 0.2) is 6.23 Å². The third-order valence-electron chi connectivity index (χ3n) is 17.7.